The lowest BCUT2D eigenvalue weighted by molar-refractivity contribution is 0.309. The van der Waals surface area contributed by atoms with Crippen LogP contribution in [0.1, 0.15) is 5.56 Å². The largest absolute Gasteiger partial charge is 0.486 e. The predicted molar refractivity (Wildman–Crippen MR) is 83.0 cm³/mol. The highest BCUT2D eigenvalue weighted by atomic mass is 79.9. The molecule has 0 unspecified atom stereocenters. The van der Waals surface area contributed by atoms with Crippen molar-refractivity contribution in [2.75, 3.05) is 0 Å². The van der Waals surface area contributed by atoms with Gasteiger partial charge in [0, 0.05) is 28.0 Å². The number of fused-ring (bicyclic) bond motifs is 1. The standard InChI is InChI=1S/C15H10BrClN2O/c16-11-7-13-15(19-8-11)14(4-5-18-13)20-9-10-2-1-3-12(17)6-10/h1-8H,9H2. The van der Waals surface area contributed by atoms with Crippen LogP contribution >= 0.6 is 27.5 Å². The Morgan fingerprint density at radius 2 is 2.05 bits per heavy atom. The maximum absolute atomic E-state index is 5.96. The second kappa shape index (κ2) is 5.77. The first-order valence-electron chi connectivity index (χ1n) is 6.00. The zero-order valence-electron chi connectivity index (χ0n) is 10.4. The van der Waals surface area contributed by atoms with Crippen molar-refractivity contribution in [2.45, 2.75) is 6.61 Å². The van der Waals surface area contributed by atoms with Crippen molar-refractivity contribution in [2.24, 2.45) is 0 Å². The quantitative estimate of drug-likeness (QED) is 0.692. The molecule has 0 radical (unpaired) electrons. The lowest BCUT2D eigenvalue weighted by atomic mass is 10.2. The van der Waals surface area contributed by atoms with Gasteiger partial charge in [0.1, 0.15) is 17.9 Å². The molecule has 0 spiro atoms. The summed E-state index contributed by atoms with van der Waals surface area (Å²) in [4.78, 5) is 8.63. The fourth-order valence-corrected chi connectivity index (χ4v) is 2.42. The highest BCUT2D eigenvalue weighted by Gasteiger charge is 2.05. The molecule has 3 nitrogen and oxygen atoms in total. The van der Waals surface area contributed by atoms with E-state index in [2.05, 4.69) is 25.9 Å². The van der Waals surface area contributed by atoms with Crippen molar-refractivity contribution >= 4 is 38.6 Å². The topological polar surface area (TPSA) is 35.0 Å². The Kier molecular flexibility index (Phi) is 3.85. The van der Waals surface area contributed by atoms with Crippen molar-refractivity contribution in [3.05, 3.63) is 63.9 Å². The van der Waals surface area contributed by atoms with Gasteiger partial charge in [-0.25, -0.2) is 4.98 Å². The number of aromatic nitrogens is 2. The van der Waals surface area contributed by atoms with E-state index in [4.69, 9.17) is 16.3 Å². The van der Waals surface area contributed by atoms with Gasteiger partial charge in [0.15, 0.2) is 0 Å². The third-order valence-electron chi connectivity index (χ3n) is 2.79. The minimum absolute atomic E-state index is 0.442. The number of benzene rings is 1. The fourth-order valence-electron chi connectivity index (χ4n) is 1.89. The van der Waals surface area contributed by atoms with Crippen LogP contribution in [-0.4, -0.2) is 9.97 Å². The number of pyridine rings is 2. The van der Waals surface area contributed by atoms with Gasteiger partial charge in [0.05, 0.1) is 5.52 Å². The van der Waals surface area contributed by atoms with Crippen molar-refractivity contribution in [1.29, 1.82) is 0 Å². The predicted octanol–water partition coefficient (Wildman–Crippen LogP) is 4.62. The molecule has 100 valence electrons. The van der Waals surface area contributed by atoms with E-state index in [1.807, 2.05) is 36.4 Å². The molecular weight excluding hydrogens is 340 g/mol. The number of hydrogen-bond acceptors (Lipinski definition) is 3. The molecule has 0 amide bonds. The van der Waals surface area contributed by atoms with E-state index >= 15 is 0 Å². The van der Waals surface area contributed by atoms with E-state index in [-0.39, 0.29) is 0 Å². The Labute approximate surface area is 129 Å². The zero-order valence-corrected chi connectivity index (χ0v) is 12.7. The highest BCUT2D eigenvalue weighted by molar-refractivity contribution is 9.10. The number of halogens is 2. The van der Waals surface area contributed by atoms with Crippen molar-refractivity contribution in [1.82, 2.24) is 9.97 Å². The van der Waals surface area contributed by atoms with Crippen LogP contribution < -0.4 is 4.74 Å². The van der Waals surface area contributed by atoms with E-state index in [0.717, 1.165) is 21.1 Å². The van der Waals surface area contributed by atoms with Crippen LogP contribution in [0.3, 0.4) is 0 Å². The molecule has 0 aliphatic rings. The normalized spacial score (nSPS) is 10.7. The summed E-state index contributed by atoms with van der Waals surface area (Å²) in [6.07, 6.45) is 3.44. The van der Waals surface area contributed by atoms with Crippen LogP contribution in [0.2, 0.25) is 5.02 Å². The summed E-state index contributed by atoms with van der Waals surface area (Å²) in [6, 6.07) is 11.3. The maximum atomic E-state index is 5.96. The molecule has 0 saturated carbocycles. The van der Waals surface area contributed by atoms with Crippen LogP contribution in [0.4, 0.5) is 0 Å². The smallest absolute Gasteiger partial charge is 0.149 e. The Balaban J connectivity index is 1.87. The minimum Gasteiger partial charge on any atom is -0.486 e. The first-order chi connectivity index (χ1) is 9.72. The summed E-state index contributed by atoms with van der Waals surface area (Å²) in [7, 11) is 0. The van der Waals surface area contributed by atoms with Crippen molar-refractivity contribution in [3.63, 3.8) is 0 Å². The molecule has 0 atom stereocenters. The molecule has 5 heteroatoms. The molecule has 3 rings (SSSR count). The monoisotopic (exact) mass is 348 g/mol. The average molecular weight is 350 g/mol. The number of ether oxygens (including phenoxy) is 1. The Morgan fingerprint density at radius 3 is 2.90 bits per heavy atom. The molecule has 0 fully saturated rings. The van der Waals surface area contributed by atoms with Gasteiger partial charge in [-0.3, -0.25) is 4.98 Å². The van der Waals surface area contributed by atoms with Crippen molar-refractivity contribution < 1.29 is 4.74 Å². The molecule has 2 heterocycles. The number of hydrogen-bond donors (Lipinski definition) is 0. The van der Waals surface area contributed by atoms with Crippen LogP contribution in [0.25, 0.3) is 11.0 Å². The van der Waals surface area contributed by atoms with E-state index < -0.39 is 0 Å². The lowest BCUT2D eigenvalue weighted by Gasteiger charge is -2.08. The summed E-state index contributed by atoms with van der Waals surface area (Å²) in [5.41, 5.74) is 2.56. The van der Waals surface area contributed by atoms with Gasteiger partial charge in [0.25, 0.3) is 0 Å². The molecule has 0 N–H and O–H groups in total. The number of rotatable bonds is 3. The van der Waals surface area contributed by atoms with Gasteiger partial charge < -0.3 is 4.74 Å². The van der Waals surface area contributed by atoms with Gasteiger partial charge in [-0.05, 0) is 39.7 Å². The van der Waals surface area contributed by atoms with Crippen LogP contribution in [0, 0.1) is 0 Å². The molecule has 2 aromatic heterocycles. The van der Waals surface area contributed by atoms with Gasteiger partial charge in [-0.2, -0.15) is 0 Å². The molecular formula is C15H10BrClN2O. The second-order valence-corrected chi connectivity index (χ2v) is 5.60. The van der Waals surface area contributed by atoms with Gasteiger partial charge >= 0.3 is 0 Å². The molecule has 20 heavy (non-hydrogen) atoms. The summed E-state index contributed by atoms with van der Waals surface area (Å²) in [6.45, 7) is 0.442. The Hall–Kier alpha value is -1.65. The van der Waals surface area contributed by atoms with E-state index in [1.165, 1.54) is 0 Å². The first kappa shape index (κ1) is 13.3. The van der Waals surface area contributed by atoms with Gasteiger partial charge in [-0.15, -0.1) is 0 Å². The van der Waals surface area contributed by atoms with E-state index in [9.17, 15) is 0 Å². The average Bonchev–Trinajstić information content (AvgIpc) is 2.44. The Bertz CT molecular complexity index is 764. The minimum atomic E-state index is 0.442. The van der Waals surface area contributed by atoms with E-state index in [1.54, 1.807) is 12.4 Å². The highest BCUT2D eigenvalue weighted by Crippen LogP contribution is 2.24. The maximum Gasteiger partial charge on any atom is 0.149 e. The Morgan fingerprint density at radius 1 is 1.15 bits per heavy atom. The fraction of sp³-hybridized carbons (Fsp3) is 0.0667. The van der Waals surface area contributed by atoms with Crippen LogP contribution in [0.15, 0.2) is 53.3 Å². The molecule has 0 saturated heterocycles. The summed E-state index contributed by atoms with van der Waals surface area (Å²) >= 11 is 9.34. The zero-order chi connectivity index (χ0) is 13.9. The summed E-state index contributed by atoms with van der Waals surface area (Å²) in [5.74, 6) is 0.711. The van der Waals surface area contributed by atoms with Gasteiger partial charge in [0.2, 0.25) is 0 Å². The summed E-state index contributed by atoms with van der Waals surface area (Å²) in [5, 5.41) is 0.702. The molecule has 0 aliphatic carbocycles. The third-order valence-corrected chi connectivity index (χ3v) is 3.46. The second-order valence-electron chi connectivity index (χ2n) is 4.25. The SMILES string of the molecule is Clc1cccc(COc2ccnc3cc(Br)cnc23)c1. The first-order valence-corrected chi connectivity index (χ1v) is 7.17. The molecule has 0 bridgehead atoms. The molecule has 1 aromatic carbocycles. The molecule has 0 aliphatic heterocycles. The molecule has 3 aromatic rings. The number of nitrogens with zero attached hydrogens (tertiary/aromatic N) is 2. The van der Waals surface area contributed by atoms with Crippen molar-refractivity contribution in [3.8, 4) is 5.75 Å². The van der Waals surface area contributed by atoms with E-state index in [0.29, 0.717) is 17.4 Å². The van der Waals surface area contributed by atoms with Crippen LogP contribution in [0.5, 0.6) is 5.75 Å². The third kappa shape index (κ3) is 2.92. The summed E-state index contributed by atoms with van der Waals surface area (Å²) < 4.78 is 6.72. The van der Waals surface area contributed by atoms with Crippen LogP contribution in [-0.2, 0) is 6.61 Å². The van der Waals surface area contributed by atoms with Gasteiger partial charge in [-0.1, -0.05) is 23.7 Å². The lowest BCUT2D eigenvalue weighted by Crippen LogP contribution is -1.97.